The lowest BCUT2D eigenvalue weighted by molar-refractivity contribution is 0.0697. The van der Waals surface area contributed by atoms with Crippen LogP contribution in [-0.4, -0.2) is 38.3 Å². The van der Waals surface area contributed by atoms with Crippen LogP contribution in [0.15, 0.2) is 66.7 Å². The first-order chi connectivity index (χ1) is 21.3. The first-order valence-electron chi connectivity index (χ1n) is 13.9. The zero-order chi connectivity index (χ0) is 30.8. The van der Waals surface area contributed by atoms with Crippen molar-refractivity contribution in [1.29, 1.82) is 0 Å². The van der Waals surface area contributed by atoms with Crippen molar-refractivity contribution in [3.05, 3.63) is 118 Å². The third kappa shape index (κ3) is 5.98. The van der Waals surface area contributed by atoms with E-state index >= 15 is 8.78 Å². The highest BCUT2D eigenvalue weighted by Crippen LogP contribution is 2.29. The van der Waals surface area contributed by atoms with Gasteiger partial charge >= 0.3 is 5.97 Å². The zero-order valence-corrected chi connectivity index (χ0v) is 23.3. The summed E-state index contributed by atoms with van der Waals surface area (Å²) in [5.74, 6) is -2.50. The van der Waals surface area contributed by atoms with Crippen LogP contribution in [0.4, 0.5) is 18.9 Å². The van der Waals surface area contributed by atoms with Gasteiger partial charge in [0.1, 0.15) is 29.9 Å². The fraction of sp³-hybridized carbons (Fsp3) is 0.212. The number of benzene rings is 3. The fourth-order valence-corrected chi connectivity index (χ4v) is 5.25. The molecular formula is C33H25F3N4O4. The smallest absolute Gasteiger partial charge is 0.335 e. The number of aromatic nitrogens is 3. The molecule has 1 atom stereocenters. The summed E-state index contributed by atoms with van der Waals surface area (Å²) in [5, 5.41) is 9.49. The largest absolute Gasteiger partial charge is 0.478 e. The number of fused-ring (bicyclic) bond motifs is 1. The molecule has 3 aromatic carbocycles. The van der Waals surface area contributed by atoms with Gasteiger partial charge in [-0.3, -0.25) is 0 Å². The van der Waals surface area contributed by atoms with Gasteiger partial charge in [-0.05, 0) is 60.9 Å². The number of aromatic carboxylic acids is 1. The summed E-state index contributed by atoms with van der Waals surface area (Å²) in [6, 6.07) is 15.4. The Morgan fingerprint density at radius 3 is 2.61 bits per heavy atom. The van der Waals surface area contributed by atoms with Crippen molar-refractivity contribution in [2.24, 2.45) is 0 Å². The van der Waals surface area contributed by atoms with Crippen LogP contribution in [0.5, 0.6) is 5.88 Å². The third-order valence-electron chi connectivity index (χ3n) is 7.51. The quantitative estimate of drug-likeness (QED) is 0.182. The van der Waals surface area contributed by atoms with Gasteiger partial charge in [-0.15, -0.1) is 0 Å². The number of halogens is 3. The number of ether oxygens (including phenoxy) is 2. The molecule has 0 amide bonds. The maximum Gasteiger partial charge on any atom is 0.335 e. The standard InChI is InChI=1S/C33H25F3N4O4/c1-37-22-9-7-20(25(34)15-22)18-44-32-6-2-5-28(39-32)24-16-26(35)21(12-27(24)36)14-31-38-29-10-8-19(33(41)42)13-30(29)40(31)17-23-4-3-11-43-23/h2,5-10,12-13,15-16,23H,3-4,11,14,17-18H2,(H,41,42)/t23-/m0/s1. The molecule has 1 fully saturated rings. The Bertz CT molecular complexity index is 1930. The van der Waals surface area contributed by atoms with Gasteiger partial charge in [-0.25, -0.2) is 32.8 Å². The summed E-state index contributed by atoms with van der Waals surface area (Å²) in [6.07, 6.45) is 1.59. The molecule has 0 radical (unpaired) electrons. The molecule has 8 nitrogen and oxygen atoms in total. The molecule has 44 heavy (non-hydrogen) atoms. The Kier molecular flexibility index (Phi) is 8.00. The molecule has 5 aromatic rings. The summed E-state index contributed by atoms with van der Waals surface area (Å²) in [4.78, 5) is 23.7. The van der Waals surface area contributed by atoms with Gasteiger partial charge in [0.05, 0.1) is 41.5 Å². The molecule has 1 aliphatic rings. The predicted molar refractivity (Wildman–Crippen MR) is 155 cm³/mol. The maximum absolute atomic E-state index is 15.5. The lowest BCUT2D eigenvalue weighted by Gasteiger charge is -2.15. The first-order valence-corrected chi connectivity index (χ1v) is 13.9. The number of carboxylic acid groups (broad SMARTS) is 1. The molecule has 222 valence electrons. The van der Waals surface area contributed by atoms with Crippen molar-refractivity contribution in [1.82, 2.24) is 14.5 Å². The molecule has 0 bridgehead atoms. The van der Waals surface area contributed by atoms with Gasteiger partial charge in [0.2, 0.25) is 5.88 Å². The van der Waals surface area contributed by atoms with Crippen LogP contribution in [0, 0.1) is 24.0 Å². The normalized spacial score (nSPS) is 14.5. The van der Waals surface area contributed by atoms with Gasteiger partial charge in [-0.1, -0.05) is 18.2 Å². The van der Waals surface area contributed by atoms with Crippen molar-refractivity contribution in [2.75, 3.05) is 6.61 Å². The van der Waals surface area contributed by atoms with Gasteiger partial charge in [0.15, 0.2) is 5.69 Å². The van der Waals surface area contributed by atoms with E-state index in [-0.39, 0.29) is 58.6 Å². The van der Waals surface area contributed by atoms with E-state index in [1.54, 1.807) is 12.1 Å². The topological polar surface area (TPSA) is 90.8 Å². The average molecular weight is 599 g/mol. The van der Waals surface area contributed by atoms with Gasteiger partial charge in [0.25, 0.3) is 0 Å². The molecule has 0 unspecified atom stereocenters. The van der Waals surface area contributed by atoms with Crippen molar-refractivity contribution < 1.29 is 32.5 Å². The fourth-order valence-electron chi connectivity index (χ4n) is 5.25. The molecule has 0 spiro atoms. The molecule has 0 saturated carbocycles. The van der Waals surface area contributed by atoms with Crippen LogP contribution in [-0.2, 0) is 24.3 Å². The number of hydrogen-bond acceptors (Lipinski definition) is 5. The minimum atomic E-state index is -1.08. The Morgan fingerprint density at radius 2 is 1.86 bits per heavy atom. The highest BCUT2D eigenvalue weighted by molar-refractivity contribution is 5.92. The van der Waals surface area contributed by atoms with Gasteiger partial charge in [-0.2, -0.15) is 0 Å². The van der Waals surface area contributed by atoms with Crippen LogP contribution in [0.3, 0.4) is 0 Å². The Morgan fingerprint density at radius 1 is 1.02 bits per heavy atom. The van der Waals surface area contributed by atoms with Crippen molar-refractivity contribution in [3.63, 3.8) is 0 Å². The molecule has 3 heterocycles. The van der Waals surface area contributed by atoms with E-state index in [1.807, 2.05) is 4.57 Å². The second-order valence-corrected chi connectivity index (χ2v) is 10.4. The lowest BCUT2D eigenvalue weighted by Crippen LogP contribution is -2.17. The second-order valence-electron chi connectivity index (χ2n) is 10.4. The second kappa shape index (κ2) is 12.2. The minimum absolute atomic E-state index is 0.0404. The number of hydrogen-bond donors (Lipinski definition) is 1. The van der Waals surface area contributed by atoms with Crippen LogP contribution in [0.25, 0.3) is 27.1 Å². The average Bonchev–Trinajstić information content (AvgIpc) is 3.66. The number of rotatable bonds is 9. The highest BCUT2D eigenvalue weighted by atomic mass is 19.1. The van der Waals surface area contributed by atoms with E-state index < -0.39 is 23.4 Å². The highest BCUT2D eigenvalue weighted by Gasteiger charge is 2.22. The molecule has 11 heteroatoms. The number of imidazole rings is 1. The van der Waals surface area contributed by atoms with Gasteiger partial charge < -0.3 is 19.1 Å². The van der Waals surface area contributed by atoms with Crippen LogP contribution in [0.2, 0.25) is 0 Å². The van der Waals surface area contributed by atoms with E-state index in [2.05, 4.69) is 14.8 Å². The minimum Gasteiger partial charge on any atom is -0.478 e. The molecule has 0 aliphatic carbocycles. The molecule has 2 aromatic heterocycles. The van der Waals surface area contributed by atoms with Crippen LogP contribution in [0.1, 0.15) is 40.2 Å². The zero-order valence-electron chi connectivity index (χ0n) is 23.3. The maximum atomic E-state index is 15.5. The molecular weight excluding hydrogens is 573 g/mol. The number of pyridine rings is 1. The number of carboxylic acids is 1. The Labute approximate surface area is 250 Å². The molecule has 1 N–H and O–H groups in total. The molecule has 1 aliphatic heterocycles. The van der Waals surface area contributed by atoms with E-state index in [4.69, 9.17) is 16.0 Å². The summed E-state index contributed by atoms with van der Waals surface area (Å²) in [5.41, 5.74) is 1.72. The third-order valence-corrected chi connectivity index (χ3v) is 7.51. The summed E-state index contributed by atoms with van der Waals surface area (Å²) in [6.45, 7) is 7.84. The Hall–Kier alpha value is -5.21. The van der Waals surface area contributed by atoms with Crippen molar-refractivity contribution in [2.45, 2.75) is 38.5 Å². The summed E-state index contributed by atoms with van der Waals surface area (Å²) >= 11 is 0. The summed E-state index contributed by atoms with van der Waals surface area (Å²) < 4.78 is 58.4. The van der Waals surface area contributed by atoms with Crippen molar-refractivity contribution in [3.8, 4) is 17.1 Å². The number of carbonyl (C=O) groups is 1. The van der Waals surface area contributed by atoms with E-state index in [1.165, 1.54) is 36.4 Å². The first kappa shape index (κ1) is 28.9. The Balaban J connectivity index is 1.26. The van der Waals surface area contributed by atoms with Crippen molar-refractivity contribution >= 4 is 22.7 Å². The van der Waals surface area contributed by atoms with Crippen LogP contribution >= 0.6 is 0 Å². The number of nitrogens with zero attached hydrogens (tertiary/aromatic N) is 4. The monoisotopic (exact) mass is 598 g/mol. The van der Waals surface area contributed by atoms with E-state index in [0.29, 0.717) is 30.0 Å². The summed E-state index contributed by atoms with van der Waals surface area (Å²) in [7, 11) is 0. The van der Waals surface area contributed by atoms with E-state index in [0.717, 1.165) is 31.0 Å². The molecule has 1 saturated heterocycles. The SMILES string of the molecule is [C-]#[N+]c1ccc(COc2cccc(-c3cc(F)c(Cc4nc5ccc(C(=O)O)cc5n4C[C@@H]4CCCO4)cc3F)n2)c(F)c1. The lowest BCUT2D eigenvalue weighted by atomic mass is 10.0. The molecule has 6 rings (SSSR count). The predicted octanol–water partition coefficient (Wildman–Crippen LogP) is 7.11. The van der Waals surface area contributed by atoms with Gasteiger partial charge in [0, 0.05) is 30.2 Å². The van der Waals surface area contributed by atoms with Crippen LogP contribution < -0.4 is 4.74 Å². The van der Waals surface area contributed by atoms with E-state index in [9.17, 15) is 14.3 Å².